The summed E-state index contributed by atoms with van der Waals surface area (Å²) in [4.78, 5) is 14.7. The Morgan fingerprint density at radius 3 is 2.30 bits per heavy atom. The number of benzene rings is 1. The molecule has 1 heterocycles. The largest absolute Gasteiger partial charge is 0.340 e. The van der Waals surface area contributed by atoms with E-state index in [4.69, 9.17) is 0 Å². The van der Waals surface area contributed by atoms with Crippen molar-refractivity contribution >= 4 is 5.91 Å². The summed E-state index contributed by atoms with van der Waals surface area (Å²) in [5, 5.41) is 4.51. The third-order valence-corrected chi connectivity index (χ3v) is 4.03. The topological polar surface area (TPSA) is 26.8 Å². The summed E-state index contributed by atoms with van der Waals surface area (Å²) < 4.78 is 0. The van der Waals surface area contributed by atoms with Gasteiger partial charge in [-0.3, -0.25) is 4.79 Å². The van der Waals surface area contributed by atoms with Gasteiger partial charge >= 0.3 is 0 Å². The molecule has 0 N–H and O–H groups in total. The van der Waals surface area contributed by atoms with Crippen LogP contribution in [-0.2, 0) is 4.79 Å². The Bertz CT molecular complexity index is 431. The quantitative estimate of drug-likeness (QED) is 0.824. The second-order valence-corrected chi connectivity index (χ2v) is 5.03. The molecule has 1 aliphatic heterocycles. The fourth-order valence-corrected chi connectivity index (χ4v) is 2.92. The van der Waals surface area contributed by atoms with E-state index in [2.05, 4.69) is 36.0 Å². The van der Waals surface area contributed by atoms with Crippen molar-refractivity contribution < 1.29 is 4.79 Å². The number of piperazine rings is 1. The molecule has 1 fully saturated rings. The van der Waals surface area contributed by atoms with Gasteiger partial charge in [0.05, 0.1) is 0 Å². The first-order valence-corrected chi connectivity index (χ1v) is 7.58. The number of carbonyl (C=O) groups excluding carboxylic acids is 1. The summed E-state index contributed by atoms with van der Waals surface area (Å²) in [6.45, 7) is 10.7. The molecule has 0 aromatic heterocycles. The van der Waals surface area contributed by atoms with Crippen LogP contribution in [0.25, 0.3) is 0 Å². The maximum atomic E-state index is 12.8. The molecule has 1 aliphatic rings. The molecule has 0 spiro atoms. The molecule has 20 heavy (non-hydrogen) atoms. The Labute approximate surface area is 121 Å². The standard InChI is InChI=1S/C16H25N3O/c1-4-17-12-13-19(18(5-2)6-3)15(16(17)20)14-10-8-7-9-11-14/h7-11,15H,4-6,12-13H2,1-3H3. The lowest BCUT2D eigenvalue weighted by atomic mass is 10.0. The molecule has 1 unspecified atom stereocenters. The zero-order valence-corrected chi connectivity index (χ0v) is 12.7. The van der Waals surface area contributed by atoms with Crippen molar-refractivity contribution in [2.45, 2.75) is 26.8 Å². The highest BCUT2D eigenvalue weighted by Gasteiger charge is 2.37. The Hall–Kier alpha value is -1.39. The van der Waals surface area contributed by atoms with Gasteiger partial charge in [-0.1, -0.05) is 44.2 Å². The average molecular weight is 275 g/mol. The Kier molecular flexibility index (Phi) is 5.15. The number of rotatable bonds is 5. The summed E-state index contributed by atoms with van der Waals surface area (Å²) >= 11 is 0. The molecule has 1 atom stereocenters. The molecule has 1 aromatic carbocycles. The molecule has 0 saturated carbocycles. The van der Waals surface area contributed by atoms with Gasteiger partial charge in [-0.05, 0) is 12.5 Å². The number of hydrogen-bond donors (Lipinski definition) is 0. The van der Waals surface area contributed by atoms with Gasteiger partial charge in [-0.15, -0.1) is 0 Å². The van der Waals surface area contributed by atoms with Crippen LogP contribution < -0.4 is 0 Å². The minimum absolute atomic E-state index is 0.176. The van der Waals surface area contributed by atoms with E-state index in [0.29, 0.717) is 0 Å². The second-order valence-electron chi connectivity index (χ2n) is 5.03. The van der Waals surface area contributed by atoms with Crippen LogP contribution in [-0.4, -0.2) is 53.5 Å². The lowest BCUT2D eigenvalue weighted by molar-refractivity contribution is -0.157. The van der Waals surface area contributed by atoms with Gasteiger partial charge < -0.3 is 4.90 Å². The van der Waals surface area contributed by atoms with Crippen molar-refractivity contribution in [3.05, 3.63) is 35.9 Å². The van der Waals surface area contributed by atoms with Crippen LogP contribution in [0.15, 0.2) is 30.3 Å². The Balaban J connectivity index is 2.33. The Morgan fingerprint density at radius 2 is 1.75 bits per heavy atom. The third-order valence-electron chi connectivity index (χ3n) is 4.03. The summed E-state index contributed by atoms with van der Waals surface area (Å²) in [5.74, 6) is 0.219. The highest BCUT2D eigenvalue weighted by molar-refractivity contribution is 5.84. The van der Waals surface area contributed by atoms with Crippen LogP contribution in [0.2, 0.25) is 0 Å². The highest BCUT2D eigenvalue weighted by Crippen LogP contribution is 2.27. The van der Waals surface area contributed by atoms with Gasteiger partial charge in [-0.25, -0.2) is 10.0 Å². The molecular weight excluding hydrogens is 250 g/mol. The third kappa shape index (κ3) is 2.86. The van der Waals surface area contributed by atoms with E-state index < -0.39 is 0 Å². The summed E-state index contributed by atoms with van der Waals surface area (Å²) in [6.07, 6.45) is 0. The van der Waals surface area contributed by atoms with Crippen molar-refractivity contribution in [2.75, 3.05) is 32.7 Å². The molecule has 0 radical (unpaired) electrons. The first-order chi connectivity index (χ1) is 9.72. The molecule has 1 aromatic rings. The predicted molar refractivity (Wildman–Crippen MR) is 81.1 cm³/mol. The van der Waals surface area contributed by atoms with Gasteiger partial charge in [0.1, 0.15) is 6.04 Å². The van der Waals surface area contributed by atoms with Crippen molar-refractivity contribution in [3.8, 4) is 0 Å². The van der Waals surface area contributed by atoms with Crippen LogP contribution >= 0.6 is 0 Å². The molecular formula is C16H25N3O. The van der Waals surface area contributed by atoms with E-state index >= 15 is 0 Å². The summed E-state index contributed by atoms with van der Waals surface area (Å²) in [6, 6.07) is 9.94. The van der Waals surface area contributed by atoms with Gasteiger partial charge in [-0.2, -0.15) is 0 Å². The van der Waals surface area contributed by atoms with Gasteiger partial charge in [0, 0.05) is 32.7 Å². The number of likely N-dealkylation sites (N-methyl/N-ethyl adjacent to an activating group) is 1. The van der Waals surface area contributed by atoms with Gasteiger partial charge in [0.15, 0.2) is 0 Å². The summed E-state index contributed by atoms with van der Waals surface area (Å²) in [7, 11) is 0. The van der Waals surface area contributed by atoms with E-state index in [0.717, 1.165) is 38.3 Å². The fourth-order valence-electron chi connectivity index (χ4n) is 2.92. The molecule has 1 amide bonds. The number of hydrazine groups is 1. The average Bonchev–Trinajstić information content (AvgIpc) is 2.49. The second kappa shape index (κ2) is 6.86. The fraction of sp³-hybridized carbons (Fsp3) is 0.562. The minimum atomic E-state index is -0.176. The monoisotopic (exact) mass is 275 g/mol. The van der Waals surface area contributed by atoms with Crippen LogP contribution in [0.4, 0.5) is 0 Å². The van der Waals surface area contributed by atoms with E-state index in [1.165, 1.54) is 0 Å². The number of amides is 1. The lowest BCUT2D eigenvalue weighted by Gasteiger charge is -2.45. The Morgan fingerprint density at radius 1 is 1.10 bits per heavy atom. The molecule has 0 bridgehead atoms. The minimum Gasteiger partial charge on any atom is -0.340 e. The molecule has 4 heteroatoms. The van der Waals surface area contributed by atoms with E-state index in [-0.39, 0.29) is 11.9 Å². The first kappa shape index (κ1) is 15.0. The van der Waals surface area contributed by atoms with Crippen LogP contribution in [0.3, 0.4) is 0 Å². The van der Waals surface area contributed by atoms with Crippen LogP contribution in [0.1, 0.15) is 32.4 Å². The molecule has 4 nitrogen and oxygen atoms in total. The predicted octanol–water partition coefficient (Wildman–Crippen LogP) is 2.15. The molecule has 0 aliphatic carbocycles. The highest BCUT2D eigenvalue weighted by atomic mass is 16.2. The zero-order valence-electron chi connectivity index (χ0n) is 12.7. The van der Waals surface area contributed by atoms with E-state index in [1.54, 1.807) is 0 Å². The SMILES string of the molecule is CCN1CCN(N(CC)CC)C(c2ccccc2)C1=O. The maximum absolute atomic E-state index is 12.8. The normalized spacial score (nSPS) is 20.7. The van der Waals surface area contributed by atoms with Crippen LogP contribution in [0, 0.1) is 0 Å². The van der Waals surface area contributed by atoms with Crippen molar-refractivity contribution in [3.63, 3.8) is 0 Å². The van der Waals surface area contributed by atoms with Crippen LogP contribution in [0.5, 0.6) is 0 Å². The maximum Gasteiger partial charge on any atom is 0.245 e. The number of carbonyl (C=O) groups is 1. The number of nitrogens with zero attached hydrogens (tertiary/aromatic N) is 3. The van der Waals surface area contributed by atoms with Crippen molar-refractivity contribution in [1.82, 2.24) is 14.9 Å². The van der Waals surface area contributed by atoms with E-state index in [9.17, 15) is 4.79 Å². The van der Waals surface area contributed by atoms with Gasteiger partial charge in [0.2, 0.25) is 5.91 Å². The molecule has 110 valence electrons. The zero-order chi connectivity index (χ0) is 14.5. The lowest BCUT2D eigenvalue weighted by Crippen LogP contribution is -2.57. The molecule has 2 rings (SSSR count). The molecule has 1 saturated heterocycles. The first-order valence-electron chi connectivity index (χ1n) is 7.58. The summed E-state index contributed by atoms with van der Waals surface area (Å²) in [5.41, 5.74) is 1.09. The smallest absolute Gasteiger partial charge is 0.245 e. The van der Waals surface area contributed by atoms with Gasteiger partial charge in [0.25, 0.3) is 0 Å². The van der Waals surface area contributed by atoms with Crippen molar-refractivity contribution in [2.24, 2.45) is 0 Å². The number of hydrogen-bond acceptors (Lipinski definition) is 3. The van der Waals surface area contributed by atoms with Crippen molar-refractivity contribution in [1.29, 1.82) is 0 Å². The van der Waals surface area contributed by atoms with E-state index in [1.807, 2.05) is 30.0 Å².